The number of aromatic nitrogens is 1. The Morgan fingerprint density at radius 1 is 1.21 bits per heavy atom. The molecule has 0 spiro atoms. The molecule has 1 amide bonds. The van der Waals surface area contributed by atoms with Crippen molar-refractivity contribution in [2.75, 3.05) is 34.5 Å². The van der Waals surface area contributed by atoms with E-state index in [4.69, 9.17) is 28.2 Å². The van der Waals surface area contributed by atoms with Gasteiger partial charge < -0.3 is 33.5 Å². The van der Waals surface area contributed by atoms with Crippen LogP contribution in [0.2, 0.25) is 0 Å². The van der Waals surface area contributed by atoms with E-state index >= 15 is 0 Å². The molecular formula is C20H26N2O7. The molecule has 0 bridgehead atoms. The van der Waals surface area contributed by atoms with Gasteiger partial charge in [0.05, 0.1) is 33.6 Å². The maximum absolute atomic E-state index is 12.9. The second kappa shape index (κ2) is 8.30. The highest BCUT2D eigenvalue weighted by Gasteiger charge is 2.33. The van der Waals surface area contributed by atoms with Gasteiger partial charge in [0.1, 0.15) is 11.7 Å². The number of hydrogen-bond donors (Lipinski definition) is 1. The quantitative estimate of drug-likeness (QED) is 0.749. The van der Waals surface area contributed by atoms with Crippen molar-refractivity contribution in [2.45, 2.75) is 32.7 Å². The molecule has 9 nitrogen and oxygen atoms in total. The first-order valence-corrected chi connectivity index (χ1v) is 9.16. The van der Waals surface area contributed by atoms with Crippen LogP contribution in [-0.4, -0.2) is 57.4 Å². The number of rotatable bonds is 7. The molecule has 1 saturated heterocycles. The smallest absolute Gasteiger partial charge is 0.257 e. The van der Waals surface area contributed by atoms with Crippen LogP contribution in [0.1, 0.15) is 29.9 Å². The van der Waals surface area contributed by atoms with E-state index in [1.54, 1.807) is 19.1 Å². The van der Waals surface area contributed by atoms with E-state index in [1.165, 1.54) is 21.3 Å². The van der Waals surface area contributed by atoms with Crippen LogP contribution in [0.15, 0.2) is 16.7 Å². The van der Waals surface area contributed by atoms with E-state index in [0.717, 1.165) is 0 Å². The Kier molecular flexibility index (Phi) is 5.99. The zero-order chi connectivity index (χ0) is 21.2. The number of aryl methyl sites for hydroxylation is 1. The number of nitrogens with one attached hydrogen (secondary N) is 1. The van der Waals surface area contributed by atoms with E-state index < -0.39 is 5.79 Å². The molecule has 9 heteroatoms. The predicted octanol–water partition coefficient (Wildman–Crippen LogP) is 2.56. The van der Waals surface area contributed by atoms with Crippen molar-refractivity contribution in [3.63, 3.8) is 0 Å². The Bertz CT molecular complexity index is 866. The van der Waals surface area contributed by atoms with E-state index in [1.807, 2.05) is 13.8 Å². The van der Waals surface area contributed by atoms with Crippen LogP contribution in [0.3, 0.4) is 0 Å². The fourth-order valence-electron chi connectivity index (χ4n) is 3.20. The van der Waals surface area contributed by atoms with Crippen molar-refractivity contribution >= 4 is 5.91 Å². The van der Waals surface area contributed by atoms with Crippen molar-refractivity contribution < 1.29 is 33.0 Å². The molecule has 1 aliphatic rings. The molecule has 2 aromatic rings. The molecule has 2 heterocycles. The van der Waals surface area contributed by atoms with E-state index in [0.29, 0.717) is 53.0 Å². The Balaban J connectivity index is 1.87. The molecule has 1 N–H and O–H groups in total. The summed E-state index contributed by atoms with van der Waals surface area (Å²) in [6, 6.07) is 3.41. The van der Waals surface area contributed by atoms with Gasteiger partial charge in [-0.3, -0.25) is 4.79 Å². The van der Waals surface area contributed by atoms with Crippen LogP contribution in [0.25, 0.3) is 11.3 Å². The summed E-state index contributed by atoms with van der Waals surface area (Å²) in [4.78, 5) is 12.9. The van der Waals surface area contributed by atoms with Crippen LogP contribution >= 0.6 is 0 Å². The Labute approximate surface area is 169 Å². The highest BCUT2D eigenvalue weighted by atomic mass is 16.7. The average molecular weight is 406 g/mol. The largest absolute Gasteiger partial charge is 0.493 e. The normalized spacial score (nSPS) is 17.8. The van der Waals surface area contributed by atoms with Gasteiger partial charge in [-0.05, 0) is 32.9 Å². The zero-order valence-corrected chi connectivity index (χ0v) is 17.5. The summed E-state index contributed by atoms with van der Waals surface area (Å²) in [6.07, 6.45) is -0.223. The highest BCUT2D eigenvalue weighted by molar-refractivity contribution is 6.00. The van der Waals surface area contributed by atoms with Crippen LogP contribution in [0.4, 0.5) is 0 Å². The summed E-state index contributed by atoms with van der Waals surface area (Å²) in [5.41, 5.74) is 1.37. The Morgan fingerprint density at radius 3 is 2.38 bits per heavy atom. The molecule has 1 aromatic carbocycles. The van der Waals surface area contributed by atoms with Crippen LogP contribution in [0.5, 0.6) is 17.2 Å². The van der Waals surface area contributed by atoms with Crippen molar-refractivity contribution in [2.24, 2.45) is 0 Å². The lowest BCUT2D eigenvalue weighted by Gasteiger charge is -2.17. The molecule has 1 aliphatic heterocycles. The van der Waals surface area contributed by atoms with Gasteiger partial charge in [-0.15, -0.1) is 0 Å². The number of carbonyl (C=O) groups excluding carboxylic acids is 1. The van der Waals surface area contributed by atoms with Gasteiger partial charge in [-0.25, -0.2) is 0 Å². The molecule has 1 fully saturated rings. The van der Waals surface area contributed by atoms with Crippen molar-refractivity contribution in [1.29, 1.82) is 0 Å². The van der Waals surface area contributed by atoms with Gasteiger partial charge in [0.25, 0.3) is 5.91 Å². The summed E-state index contributed by atoms with van der Waals surface area (Å²) in [6.45, 7) is 6.10. The van der Waals surface area contributed by atoms with Gasteiger partial charge >= 0.3 is 0 Å². The standard InChI is InChI=1S/C20H26N2O7/c1-11-16(19(23)21-9-13-10-27-20(2,3)28-13)17(29-22-11)12-7-14(24-4)18(26-6)15(8-12)25-5/h7-8,13H,9-10H2,1-6H3,(H,21,23). The third-order valence-corrected chi connectivity index (χ3v) is 4.57. The summed E-state index contributed by atoms with van der Waals surface area (Å²) in [7, 11) is 4.56. The molecular weight excluding hydrogens is 380 g/mol. The molecule has 0 saturated carbocycles. The Morgan fingerprint density at radius 2 is 1.86 bits per heavy atom. The fourth-order valence-corrected chi connectivity index (χ4v) is 3.20. The second-order valence-electron chi connectivity index (χ2n) is 7.05. The SMILES string of the molecule is COc1cc(-c2onc(C)c2C(=O)NCC2COC(C)(C)O2)cc(OC)c1OC. The number of hydrogen-bond acceptors (Lipinski definition) is 8. The maximum atomic E-state index is 12.9. The zero-order valence-electron chi connectivity index (χ0n) is 17.5. The summed E-state index contributed by atoms with van der Waals surface area (Å²) in [5, 5.41) is 6.83. The van der Waals surface area contributed by atoms with Crippen molar-refractivity contribution in [1.82, 2.24) is 10.5 Å². The maximum Gasteiger partial charge on any atom is 0.257 e. The molecule has 0 radical (unpaired) electrons. The minimum Gasteiger partial charge on any atom is -0.493 e. The van der Waals surface area contributed by atoms with Crippen molar-refractivity contribution in [3.05, 3.63) is 23.4 Å². The lowest BCUT2D eigenvalue weighted by Crippen LogP contribution is -2.34. The molecule has 158 valence electrons. The summed E-state index contributed by atoms with van der Waals surface area (Å²) < 4.78 is 32.8. The molecule has 1 aromatic heterocycles. The average Bonchev–Trinajstić information content (AvgIpc) is 3.26. The van der Waals surface area contributed by atoms with Gasteiger partial charge in [-0.1, -0.05) is 5.16 Å². The van der Waals surface area contributed by atoms with E-state index in [-0.39, 0.29) is 12.0 Å². The predicted molar refractivity (Wildman–Crippen MR) is 104 cm³/mol. The van der Waals surface area contributed by atoms with Crippen LogP contribution < -0.4 is 19.5 Å². The monoisotopic (exact) mass is 406 g/mol. The number of carbonyl (C=O) groups is 1. The number of benzene rings is 1. The van der Waals surface area contributed by atoms with Gasteiger partial charge in [0.15, 0.2) is 23.0 Å². The third-order valence-electron chi connectivity index (χ3n) is 4.57. The molecule has 29 heavy (non-hydrogen) atoms. The Hall–Kier alpha value is -2.78. The van der Waals surface area contributed by atoms with Crippen LogP contribution in [-0.2, 0) is 9.47 Å². The lowest BCUT2D eigenvalue weighted by molar-refractivity contribution is -0.137. The fraction of sp³-hybridized carbons (Fsp3) is 0.500. The first kappa shape index (κ1) is 20.9. The lowest BCUT2D eigenvalue weighted by atomic mass is 10.0. The first-order valence-electron chi connectivity index (χ1n) is 9.16. The third kappa shape index (κ3) is 4.30. The molecule has 0 aliphatic carbocycles. The topological polar surface area (TPSA) is 101 Å². The number of nitrogens with zero attached hydrogens (tertiary/aromatic N) is 1. The van der Waals surface area contributed by atoms with Gasteiger partial charge in [0.2, 0.25) is 5.75 Å². The van der Waals surface area contributed by atoms with Gasteiger partial charge in [-0.2, -0.15) is 0 Å². The molecule has 3 rings (SSSR count). The van der Waals surface area contributed by atoms with Crippen LogP contribution in [0, 0.1) is 6.92 Å². The minimum atomic E-state index is -0.649. The number of amides is 1. The van der Waals surface area contributed by atoms with Gasteiger partial charge in [0, 0.05) is 12.1 Å². The number of methoxy groups -OCH3 is 3. The second-order valence-corrected chi connectivity index (χ2v) is 7.05. The first-order chi connectivity index (χ1) is 13.8. The highest BCUT2D eigenvalue weighted by Crippen LogP contribution is 2.42. The van der Waals surface area contributed by atoms with E-state index in [2.05, 4.69) is 10.5 Å². The van der Waals surface area contributed by atoms with Crippen molar-refractivity contribution in [3.8, 4) is 28.6 Å². The summed E-state index contributed by atoms with van der Waals surface area (Å²) >= 11 is 0. The summed E-state index contributed by atoms with van der Waals surface area (Å²) in [5.74, 6) is 0.678. The number of ether oxygens (including phenoxy) is 5. The molecule has 1 atom stereocenters. The minimum absolute atomic E-state index is 0.223. The van der Waals surface area contributed by atoms with E-state index in [9.17, 15) is 4.79 Å². The molecule has 1 unspecified atom stereocenters.